The molecule has 0 amide bonds. The van der Waals surface area contributed by atoms with Crippen molar-refractivity contribution in [1.29, 1.82) is 0 Å². The zero-order valence-corrected chi connectivity index (χ0v) is 8.50. The highest BCUT2D eigenvalue weighted by Gasteiger charge is 2.05. The molecule has 1 atom stereocenters. The second-order valence-corrected chi connectivity index (χ2v) is 8.39. The van der Waals surface area contributed by atoms with Crippen LogP contribution in [0.25, 0.3) is 0 Å². The second-order valence-electron chi connectivity index (χ2n) is 3.80. The number of rotatable bonds is 4. The van der Waals surface area contributed by atoms with Gasteiger partial charge in [0.1, 0.15) is 7.85 Å². The van der Waals surface area contributed by atoms with Crippen molar-refractivity contribution in [3.05, 3.63) is 12.7 Å². The first-order chi connectivity index (χ1) is 4.45. The van der Waals surface area contributed by atoms with E-state index in [-0.39, 0.29) is 10.0 Å². The van der Waals surface area contributed by atoms with E-state index in [1.807, 2.05) is 6.08 Å². The maximum Gasteiger partial charge on any atom is 0.110 e. The summed E-state index contributed by atoms with van der Waals surface area (Å²) in [4.78, 5) is 0. The lowest BCUT2D eigenvalue weighted by molar-refractivity contribution is 0.963. The van der Waals surface area contributed by atoms with E-state index in [0.29, 0.717) is 5.82 Å². The molecule has 0 radical (unpaired) electrons. The van der Waals surface area contributed by atoms with Crippen molar-refractivity contribution in [2.24, 2.45) is 0 Å². The van der Waals surface area contributed by atoms with Crippen LogP contribution < -0.4 is 0 Å². The quantitative estimate of drug-likeness (QED) is 0.431. The first-order valence-corrected chi connectivity index (χ1v) is 6.77. The molecule has 0 aromatic rings. The molecule has 0 nitrogen and oxygen atoms in total. The Morgan fingerprint density at radius 1 is 1.50 bits per heavy atom. The summed E-state index contributed by atoms with van der Waals surface area (Å²) < 4.78 is 0. The Labute approximate surface area is 67.8 Å². The first kappa shape index (κ1) is 10.2. The van der Waals surface area contributed by atoms with Gasteiger partial charge < -0.3 is 0 Å². The third-order valence-corrected chi connectivity index (χ3v) is 3.05. The predicted molar refractivity (Wildman–Crippen MR) is 57.3 cm³/mol. The minimum atomic E-state index is -0.277. The van der Waals surface area contributed by atoms with Crippen LogP contribution in [0.5, 0.6) is 0 Å². The van der Waals surface area contributed by atoms with Crippen LogP contribution in [0.2, 0.25) is 5.82 Å². The Morgan fingerprint density at radius 3 is 2.30 bits per heavy atom. The van der Waals surface area contributed by atoms with Crippen LogP contribution in [-0.2, 0) is 0 Å². The highest BCUT2D eigenvalue weighted by Crippen LogP contribution is 2.36. The Hall–Kier alpha value is 0.155. The molecule has 0 aromatic carbocycles. The zero-order chi connectivity index (χ0) is 8.20. The Bertz CT molecular complexity index is 104. The van der Waals surface area contributed by atoms with Crippen LogP contribution in [-0.4, -0.2) is 32.4 Å². The van der Waals surface area contributed by atoms with Gasteiger partial charge in [-0.25, -0.2) is 10.0 Å². The normalized spacial score (nSPS) is 16.3. The van der Waals surface area contributed by atoms with E-state index in [1.54, 1.807) is 0 Å². The largest absolute Gasteiger partial charge is 0.250 e. The molecule has 0 aliphatic rings. The van der Waals surface area contributed by atoms with Gasteiger partial charge in [-0.3, -0.25) is 0 Å². The summed E-state index contributed by atoms with van der Waals surface area (Å²) in [6.07, 6.45) is 10.4. The maximum absolute atomic E-state index is 3.77. The molecule has 60 valence electrons. The fourth-order valence-electron chi connectivity index (χ4n) is 0.657. The molecule has 0 aromatic heterocycles. The molecule has 0 fully saturated rings. The molecule has 0 spiro atoms. The van der Waals surface area contributed by atoms with Crippen LogP contribution in [0.3, 0.4) is 0 Å². The van der Waals surface area contributed by atoms with Crippen molar-refractivity contribution < 1.29 is 0 Å². The summed E-state index contributed by atoms with van der Waals surface area (Å²) in [5.41, 5.74) is 0. The van der Waals surface area contributed by atoms with Gasteiger partial charge in [-0.1, -0.05) is 11.9 Å². The van der Waals surface area contributed by atoms with Crippen LogP contribution in [0.1, 0.15) is 6.42 Å². The second kappa shape index (κ2) is 4.12. The van der Waals surface area contributed by atoms with E-state index < -0.39 is 0 Å². The minimum absolute atomic E-state index is 0.277. The fraction of sp³-hybridized carbons (Fsp3) is 0.750. The number of hydrogen-bond acceptors (Lipinski definition) is 0. The van der Waals surface area contributed by atoms with E-state index in [0.717, 1.165) is 0 Å². The molecule has 0 bridgehead atoms. The SMILES string of the molecule is BC(C=C)CCS(C)(C)C. The molecule has 0 N–H and O–H groups in total. The summed E-state index contributed by atoms with van der Waals surface area (Å²) in [7, 11) is 1.96. The van der Waals surface area contributed by atoms with Crippen molar-refractivity contribution in [1.82, 2.24) is 0 Å². The van der Waals surface area contributed by atoms with Crippen molar-refractivity contribution in [3.63, 3.8) is 0 Å². The molecule has 0 aliphatic heterocycles. The first-order valence-electron chi connectivity index (χ1n) is 3.74. The number of allylic oxidation sites excluding steroid dienone is 1. The van der Waals surface area contributed by atoms with Crippen molar-refractivity contribution in [3.8, 4) is 0 Å². The van der Waals surface area contributed by atoms with Gasteiger partial charge in [-0.05, 0) is 30.9 Å². The van der Waals surface area contributed by atoms with Crippen LogP contribution in [0, 0.1) is 0 Å². The molecular weight excluding hydrogens is 139 g/mol. The van der Waals surface area contributed by atoms with E-state index in [2.05, 4.69) is 33.2 Å². The molecule has 0 saturated heterocycles. The van der Waals surface area contributed by atoms with Crippen molar-refractivity contribution >= 4 is 17.9 Å². The van der Waals surface area contributed by atoms with Crippen molar-refractivity contribution in [2.75, 3.05) is 24.5 Å². The highest BCUT2D eigenvalue weighted by atomic mass is 32.3. The lowest BCUT2D eigenvalue weighted by Gasteiger charge is -2.25. The Kier molecular flexibility index (Phi) is 4.18. The Balaban J connectivity index is 3.45. The van der Waals surface area contributed by atoms with Gasteiger partial charge in [-0.15, -0.1) is 6.58 Å². The fourth-order valence-corrected chi connectivity index (χ4v) is 1.74. The lowest BCUT2D eigenvalue weighted by atomic mass is 9.85. The molecule has 2 heteroatoms. The summed E-state index contributed by atoms with van der Waals surface area (Å²) in [5.74, 6) is 2.08. The van der Waals surface area contributed by atoms with E-state index >= 15 is 0 Å². The molecule has 0 aliphatic carbocycles. The van der Waals surface area contributed by atoms with Crippen LogP contribution in [0.15, 0.2) is 12.7 Å². The van der Waals surface area contributed by atoms with Gasteiger partial charge >= 0.3 is 0 Å². The molecular formula is C8H19BS. The third kappa shape index (κ3) is 6.28. The molecule has 1 unspecified atom stereocenters. The summed E-state index contributed by atoms with van der Waals surface area (Å²) in [6, 6.07) is 0. The smallest absolute Gasteiger partial charge is 0.110 e. The summed E-state index contributed by atoms with van der Waals surface area (Å²) in [5, 5.41) is 0. The molecule has 10 heavy (non-hydrogen) atoms. The van der Waals surface area contributed by atoms with E-state index in [9.17, 15) is 0 Å². The van der Waals surface area contributed by atoms with Gasteiger partial charge in [0, 0.05) is 0 Å². The topological polar surface area (TPSA) is 0 Å². The zero-order valence-electron chi connectivity index (χ0n) is 7.68. The highest BCUT2D eigenvalue weighted by molar-refractivity contribution is 8.32. The van der Waals surface area contributed by atoms with Gasteiger partial charge in [0.05, 0.1) is 0 Å². The monoisotopic (exact) mass is 158 g/mol. The van der Waals surface area contributed by atoms with Crippen LogP contribution >= 0.6 is 10.0 Å². The molecule has 0 rings (SSSR count). The average molecular weight is 158 g/mol. The Morgan fingerprint density at radius 2 is 2.00 bits per heavy atom. The molecule has 0 heterocycles. The van der Waals surface area contributed by atoms with Gasteiger partial charge in [0.25, 0.3) is 0 Å². The summed E-state index contributed by atoms with van der Waals surface area (Å²) in [6.45, 7) is 3.77. The van der Waals surface area contributed by atoms with E-state index in [1.165, 1.54) is 12.2 Å². The van der Waals surface area contributed by atoms with Gasteiger partial charge in [0.2, 0.25) is 0 Å². The van der Waals surface area contributed by atoms with Crippen molar-refractivity contribution in [2.45, 2.75) is 12.2 Å². The summed E-state index contributed by atoms with van der Waals surface area (Å²) >= 11 is 0. The minimum Gasteiger partial charge on any atom is -0.250 e. The average Bonchev–Trinajstić information content (AvgIpc) is 1.81. The van der Waals surface area contributed by atoms with Gasteiger partial charge in [-0.2, -0.15) is 0 Å². The standard InChI is InChI=1S/C8H19BS/c1-5-8(9)6-7-10(2,3)4/h5,8H,1,6-7,9H2,2-4H3. The molecule has 0 saturated carbocycles. The van der Waals surface area contributed by atoms with Gasteiger partial charge in [0.15, 0.2) is 0 Å². The third-order valence-electron chi connectivity index (χ3n) is 1.59. The maximum atomic E-state index is 3.77. The predicted octanol–water partition coefficient (Wildman–Crippen LogP) is 1.68. The lowest BCUT2D eigenvalue weighted by Crippen LogP contribution is -2.01. The van der Waals surface area contributed by atoms with Crippen LogP contribution in [0.4, 0.5) is 0 Å². The number of hydrogen-bond donors (Lipinski definition) is 0. The van der Waals surface area contributed by atoms with E-state index in [4.69, 9.17) is 0 Å².